The summed E-state index contributed by atoms with van der Waals surface area (Å²) in [5, 5.41) is 0. The molecule has 0 unspecified atom stereocenters. The lowest BCUT2D eigenvalue weighted by atomic mass is 9.99. The van der Waals surface area contributed by atoms with Crippen molar-refractivity contribution in [1.82, 2.24) is 0 Å². The van der Waals surface area contributed by atoms with Gasteiger partial charge in [0.15, 0.2) is 5.78 Å². The van der Waals surface area contributed by atoms with Crippen LogP contribution < -0.4 is 0 Å². The highest BCUT2D eigenvalue weighted by molar-refractivity contribution is 5.97. The molecule has 0 heterocycles. The van der Waals surface area contributed by atoms with Gasteiger partial charge in [-0.25, -0.2) is 13.2 Å². The maximum atomic E-state index is 13.0. The number of aryl methyl sites for hydroxylation is 1. The Hall–Kier alpha value is -2.10. The van der Waals surface area contributed by atoms with Gasteiger partial charge in [-0.1, -0.05) is 6.07 Å². The lowest BCUT2D eigenvalue weighted by molar-refractivity contribution is 0.0992. The molecule has 1 nitrogen and oxygen atoms in total. The van der Waals surface area contributed by atoms with Gasteiger partial charge in [0.05, 0.1) is 0 Å². The second kappa shape index (κ2) is 5.26. The molecule has 98 valence electrons. The lowest BCUT2D eigenvalue weighted by Crippen LogP contribution is -2.06. The molecule has 0 aromatic heterocycles. The van der Waals surface area contributed by atoms with Crippen molar-refractivity contribution >= 4 is 5.78 Å². The molecule has 0 aliphatic rings. The molecule has 0 saturated carbocycles. The molecule has 0 saturated heterocycles. The minimum absolute atomic E-state index is 0.0188. The first-order chi connectivity index (χ1) is 8.95. The average molecular weight is 264 g/mol. The van der Waals surface area contributed by atoms with Crippen LogP contribution in [0.15, 0.2) is 36.4 Å². The van der Waals surface area contributed by atoms with Crippen LogP contribution in [0.25, 0.3) is 0 Å². The second-order valence-electron chi connectivity index (χ2n) is 4.33. The number of ketones is 1. The average Bonchev–Trinajstić information content (AvgIpc) is 2.31. The van der Waals surface area contributed by atoms with E-state index in [1.807, 2.05) is 0 Å². The maximum absolute atomic E-state index is 13.0. The van der Waals surface area contributed by atoms with E-state index in [0.29, 0.717) is 17.2 Å². The summed E-state index contributed by atoms with van der Waals surface area (Å²) in [7, 11) is 0. The molecule has 0 atom stereocenters. The zero-order valence-electron chi connectivity index (χ0n) is 10.2. The van der Waals surface area contributed by atoms with E-state index in [0.717, 1.165) is 12.1 Å². The molecule has 2 rings (SSSR count). The molecule has 2 aromatic rings. The van der Waals surface area contributed by atoms with Crippen LogP contribution in [-0.2, 0) is 6.42 Å². The predicted octanol–water partition coefficient (Wildman–Crippen LogP) is 3.84. The van der Waals surface area contributed by atoms with Crippen molar-refractivity contribution in [1.29, 1.82) is 0 Å². The number of hydrogen-bond acceptors (Lipinski definition) is 1. The van der Waals surface area contributed by atoms with Crippen LogP contribution in [0.1, 0.15) is 21.5 Å². The van der Waals surface area contributed by atoms with Crippen molar-refractivity contribution in [3.8, 4) is 0 Å². The van der Waals surface area contributed by atoms with E-state index < -0.39 is 17.4 Å². The third-order valence-corrected chi connectivity index (χ3v) is 2.84. The number of Topliss-reactive ketones (excluding diaryl/α,β-unsaturated/α-hetero) is 1. The molecule has 2 aromatic carbocycles. The van der Waals surface area contributed by atoms with E-state index in [9.17, 15) is 18.0 Å². The number of halogens is 3. The highest BCUT2D eigenvalue weighted by atomic mass is 19.1. The van der Waals surface area contributed by atoms with E-state index in [1.54, 1.807) is 6.92 Å². The first-order valence-corrected chi connectivity index (χ1v) is 5.70. The van der Waals surface area contributed by atoms with Crippen LogP contribution in [-0.4, -0.2) is 5.78 Å². The van der Waals surface area contributed by atoms with Gasteiger partial charge in [0.2, 0.25) is 0 Å². The number of hydrogen-bond donors (Lipinski definition) is 0. The van der Waals surface area contributed by atoms with E-state index in [4.69, 9.17) is 0 Å². The Kier molecular flexibility index (Phi) is 3.69. The van der Waals surface area contributed by atoms with Crippen LogP contribution >= 0.6 is 0 Å². The van der Waals surface area contributed by atoms with Crippen LogP contribution in [0.3, 0.4) is 0 Å². The molecule has 0 aliphatic heterocycles. The van der Waals surface area contributed by atoms with Crippen molar-refractivity contribution in [3.05, 3.63) is 70.5 Å². The molecule has 0 aliphatic carbocycles. The fraction of sp³-hybridized carbons (Fsp3) is 0.133. The summed E-state index contributed by atoms with van der Waals surface area (Å²) in [6.45, 7) is 1.68. The molecule has 0 radical (unpaired) electrons. The minimum Gasteiger partial charge on any atom is -0.294 e. The number of carbonyl (C=O) groups is 1. The largest absolute Gasteiger partial charge is 0.294 e. The maximum Gasteiger partial charge on any atom is 0.167 e. The highest BCUT2D eigenvalue weighted by Crippen LogP contribution is 2.15. The summed E-state index contributed by atoms with van der Waals surface area (Å²) in [4.78, 5) is 11.9. The van der Waals surface area contributed by atoms with Crippen LogP contribution in [0.5, 0.6) is 0 Å². The fourth-order valence-electron chi connectivity index (χ4n) is 1.85. The standard InChI is InChI=1S/C15H11F3O/c1-9-4-12(16)3-2-10(9)7-15(19)11-5-13(17)8-14(18)6-11/h2-6,8H,7H2,1H3. The number of benzene rings is 2. The summed E-state index contributed by atoms with van der Waals surface area (Å²) in [6.07, 6.45) is -0.0188. The van der Waals surface area contributed by atoms with E-state index >= 15 is 0 Å². The Balaban J connectivity index is 2.25. The van der Waals surface area contributed by atoms with E-state index in [1.165, 1.54) is 18.2 Å². The van der Waals surface area contributed by atoms with E-state index in [-0.39, 0.29) is 17.8 Å². The number of rotatable bonds is 3. The predicted molar refractivity (Wildman–Crippen MR) is 65.5 cm³/mol. The molecule has 0 amide bonds. The normalized spacial score (nSPS) is 10.5. The van der Waals surface area contributed by atoms with Crippen molar-refractivity contribution in [2.45, 2.75) is 13.3 Å². The van der Waals surface area contributed by atoms with Gasteiger partial charge in [-0.3, -0.25) is 4.79 Å². The first kappa shape index (κ1) is 13.3. The van der Waals surface area contributed by atoms with Gasteiger partial charge in [-0.15, -0.1) is 0 Å². The summed E-state index contributed by atoms with van der Waals surface area (Å²) < 4.78 is 39.0. The van der Waals surface area contributed by atoms with Crippen LogP contribution in [0.4, 0.5) is 13.2 Å². The molecule has 0 bridgehead atoms. The van der Waals surface area contributed by atoms with Gasteiger partial charge in [-0.05, 0) is 42.3 Å². The van der Waals surface area contributed by atoms with Crippen LogP contribution in [0, 0.1) is 24.4 Å². The Bertz CT molecular complexity index is 615. The molecule has 4 heteroatoms. The third-order valence-electron chi connectivity index (χ3n) is 2.84. The highest BCUT2D eigenvalue weighted by Gasteiger charge is 2.11. The zero-order chi connectivity index (χ0) is 14.0. The minimum atomic E-state index is -0.792. The Morgan fingerprint density at radius 3 is 2.16 bits per heavy atom. The van der Waals surface area contributed by atoms with Crippen LogP contribution in [0.2, 0.25) is 0 Å². The van der Waals surface area contributed by atoms with Gasteiger partial charge < -0.3 is 0 Å². The Morgan fingerprint density at radius 1 is 0.947 bits per heavy atom. The smallest absolute Gasteiger partial charge is 0.167 e. The first-order valence-electron chi connectivity index (χ1n) is 5.70. The molecular formula is C15H11F3O. The lowest BCUT2D eigenvalue weighted by Gasteiger charge is -2.06. The summed E-state index contributed by atoms with van der Waals surface area (Å²) in [5.41, 5.74) is 1.24. The molecular weight excluding hydrogens is 253 g/mol. The van der Waals surface area contributed by atoms with E-state index in [2.05, 4.69) is 0 Å². The van der Waals surface area contributed by atoms with Gasteiger partial charge in [0, 0.05) is 18.1 Å². The van der Waals surface area contributed by atoms with Crippen molar-refractivity contribution < 1.29 is 18.0 Å². The molecule has 0 spiro atoms. The summed E-state index contributed by atoms with van der Waals surface area (Å²) >= 11 is 0. The van der Waals surface area contributed by atoms with Crippen molar-refractivity contribution in [2.24, 2.45) is 0 Å². The fourth-order valence-corrected chi connectivity index (χ4v) is 1.85. The summed E-state index contributed by atoms with van der Waals surface area (Å²) in [5.74, 6) is -2.38. The molecule has 19 heavy (non-hydrogen) atoms. The monoisotopic (exact) mass is 264 g/mol. The quantitative estimate of drug-likeness (QED) is 0.770. The van der Waals surface area contributed by atoms with Gasteiger partial charge in [0.1, 0.15) is 17.5 Å². The Morgan fingerprint density at radius 2 is 1.58 bits per heavy atom. The number of carbonyl (C=O) groups excluding carboxylic acids is 1. The Labute approximate surface area is 108 Å². The second-order valence-corrected chi connectivity index (χ2v) is 4.33. The van der Waals surface area contributed by atoms with Gasteiger partial charge in [0.25, 0.3) is 0 Å². The van der Waals surface area contributed by atoms with Gasteiger partial charge in [-0.2, -0.15) is 0 Å². The third kappa shape index (κ3) is 3.22. The zero-order valence-corrected chi connectivity index (χ0v) is 10.2. The van der Waals surface area contributed by atoms with Crippen molar-refractivity contribution in [2.75, 3.05) is 0 Å². The summed E-state index contributed by atoms with van der Waals surface area (Å²) in [6, 6.07) is 6.75. The molecule has 0 fully saturated rings. The molecule has 0 N–H and O–H groups in total. The van der Waals surface area contributed by atoms with Crippen molar-refractivity contribution in [3.63, 3.8) is 0 Å². The van der Waals surface area contributed by atoms with Gasteiger partial charge >= 0.3 is 0 Å². The SMILES string of the molecule is Cc1cc(F)ccc1CC(=O)c1cc(F)cc(F)c1. The topological polar surface area (TPSA) is 17.1 Å².